The summed E-state index contributed by atoms with van der Waals surface area (Å²) in [5.41, 5.74) is 2.94. The van der Waals surface area contributed by atoms with Gasteiger partial charge in [0.05, 0.1) is 30.0 Å². The van der Waals surface area contributed by atoms with Gasteiger partial charge in [-0.25, -0.2) is 13.4 Å². The number of carbonyl (C=O) groups excluding carboxylic acids is 1. The Morgan fingerprint density at radius 1 is 1.23 bits per heavy atom. The molecule has 2 N–H and O–H groups in total. The third kappa shape index (κ3) is 5.80. The number of amides is 1. The van der Waals surface area contributed by atoms with Crippen molar-refractivity contribution in [2.24, 2.45) is 0 Å². The third-order valence-electron chi connectivity index (χ3n) is 4.44. The second-order valence-corrected chi connectivity index (χ2v) is 9.58. The van der Waals surface area contributed by atoms with Gasteiger partial charge in [0.2, 0.25) is 15.9 Å². The van der Waals surface area contributed by atoms with E-state index in [0.29, 0.717) is 22.3 Å². The van der Waals surface area contributed by atoms with Crippen molar-refractivity contribution >= 4 is 39.1 Å². The minimum atomic E-state index is -3.43. The summed E-state index contributed by atoms with van der Waals surface area (Å²) < 4.78 is 33.3. The molecule has 0 radical (unpaired) electrons. The maximum absolute atomic E-state index is 12.5. The number of hydrogen-bond acceptors (Lipinski definition) is 6. The van der Waals surface area contributed by atoms with Gasteiger partial charge in [-0.1, -0.05) is 30.0 Å². The van der Waals surface area contributed by atoms with E-state index in [9.17, 15) is 13.2 Å². The topological polar surface area (TPSA) is 102 Å². The standard InChI is InChI=1S/C21H24N4O4S2/c1-4-31(27,28)24-17-10-9-16(13-19(17)29-3)23-20(26)14-30-21-22-11-12-25(21)18-8-6-5-7-15(18)2/h5-13,24H,4,14H2,1-3H3,(H,23,26). The zero-order chi connectivity index (χ0) is 22.4. The first-order valence-corrected chi connectivity index (χ1v) is 12.2. The number of benzene rings is 2. The lowest BCUT2D eigenvalue weighted by Gasteiger charge is -2.13. The molecule has 0 aliphatic carbocycles. The van der Waals surface area contributed by atoms with Crippen molar-refractivity contribution in [3.63, 3.8) is 0 Å². The van der Waals surface area contributed by atoms with E-state index < -0.39 is 10.0 Å². The van der Waals surface area contributed by atoms with Crippen LogP contribution in [0.5, 0.6) is 5.75 Å². The molecule has 3 rings (SSSR count). The van der Waals surface area contributed by atoms with E-state index in [4.69, 9.17) is 4.74 Å². The molecule has 8 nitrogen and oxygen atoms in total. The summed E-state index contributed by atoms with van der Waals surface area (Å²) in [5.74, 6) is 0.213. The number of aromatic nitrogens is 2. The Balaban J connectivity index is 1.66. The van der Waals surface area contributed by atoms with Crippen LogP contribution in [0.4, 0.5) is 11.4 Å². The molecule has 0 atom stereocenters. The largest absolute Gasteiger partial charge is 0.494 e. The predicted molar refractivity (Wildman–Crippen MR) is 124 cm³/mol. The molecule has 0 spiro atoms. The summed E-state index contributed by atoms with van der Waals surface area (Å²) in [6.07, 6.45) is 3.57. The molecule has 0 saturated carbocycles. The fraction of sp³-hybridized carbons (Fsp3) is 0.238. The molecule has 0 saturated heterocycles. The number of nitrogens with zero attached hydrogens (tertiary/aromatic N) is 2. The van der Waals surface area contributed by atoms with Crippen LogP contribution in [-0.2, 0) is 14.8 Å². The van der Waals surface area contributed by atoms with Crippen LogP contribution in [0.1, 0.15) is 12.5 Å². The van der Waals surface area contributed by atoms with Gasteiger partial charge >= 0.3 is 0 Å². The van der Waals surface area contributed by atoms with Crippen molar-refractivity contribution in [2.75, 3.05) is 28.7 Å². The number of ether oxygens (including phenoxy) is 1. The number of aryl methyl sites for hydroxylation is 1. The summed E-state index contributed by atoms with van der Waals surface area (Å²) in [5, 5.41) is 3.51. The Bertz CT molecular complexity index is 1180. The van der Waals surface area contributed by atoms with E-state index in [1.807, 2.05) is 42.0 Å². The molecule has 1 aromatic heterocycles. The van der Waals surface area contributed by atoms with Crippen LogP contribution in [0.2, 0.25) is 0 Å². The summed E-state index contributed by atoms with van der Waals surface area (Å²) in [6, 6.07) is 12.7. The smallest absolute Gasteiger partial charge is 0.234 e. The van der Waals surface area contributed by atoms with Gasteiger partial charge in [0.25, 0.3) is 0 Å². The second kappa shape index (κ2) is 9.88. The van der Waals surface area contributed by atoms with Gasteiger partial charge in [0.1, 0.15) is 5.75 Å². The molecule has 0 fully saturated rings. The van der Waals surface area contributed by atoms with Gasteiger partial charge in [-0.15, -0.1) is 0 Å². The van der Waals surface area contributed by atoms with Gasteiger partial charge in [0.15, 0.2) is 5.16 Å². The van der Waals surface area contributed by atoms with Gasteiger partial charge in [0, 0.05) is 24.1 Å². The Morgan fingerprint density at radius 3 is 2.71 bits per heavy atom. The van der Waals surface area contributed by atoms with Crippen molar-refractivity contribution in [1.82, 2.24) is 9.55 Å². The van der Waals surface area contributed by atoms with Gasteiger partial charge < -0.3 is 10.1 Å². The maximum Gasteiger partial charge on any atom is 0.234 e. The first-order chi connectivity index (χ1) is 14.8. The molecular formula is C21H24N4O4S2. The van der Waals surface area contributed by atoms with E-state index in [1.165, 1.54) is 18.9 Å². The Morgan fingerprint density at radius 2 is 2.00 bits per heavy atom. The lowest BCUT2D eigenvalue weighted by molar-refractivity contribution is -0.113. The molecule has 1 amide bonds. The van der Waals surface area contributed by atoms with Crippen molar-refractivity contribution in [2.45, 2.75) is 19.0 Å². The Hall–Kier alpha value is -2.98. The highest BCUT2D eigenvalue weighted by atomic mass is 32.2. The molecule has 0 bridgehead atoms. The number of nitrogens with one attached hydrogen (secondary N) is 2. The summed E-state index contributed by atoms with van der Waals surface area (Å²) >= 11 is 1.33. The quantitative estimate of drug-likeness (QED) is 0.472. The molecule has 3 aromatic rings. The molecule has 0 aliphatic heterocycles. The molecule has 0 unspecified atom stereocenters. The molecule has 31 heavy (non-hydrogen) atoms. The summed E-state index contributed by atoms with van der Waals surface area (Å²) in [4.78, 5) is 16.8. The number of hydrogen-bond donors (Lipinski definition) is 2. The zero-order valence-electron chi connectivity index (χ0n) is 17.5. The van der Waals surface area contributed by atoms with E-state index in [2.05, 4.69) is 15.0 Å². The van der Waals surface area contributed by atoms with Crippen LogP contribution < -0.4 is 14.8 Å². The van der Waals surface area contributed by atoms with Crippen LogP contribution in [0.15, 0.2) is 60.0 Å². The Labute approximate surface area is 186 Å². The van der Waals surface area contributed by atoms with Crippen molar-refractivity contribution in [3.05, 3.63) is 60.4 Å². The highest BCUT2D eigenvalue weighted by Crippen LogP contribution is 2.29. The van der Waals surface area contributed by atoms with Crippen LogP contribution in [0.3, 0.4) is 0 Å². The number of imidazole rings is 1. The fourth-order valence-corrected chi connectivity index (χ4v) is 4.25. The summed E-state index contributed by atoms with van der Waals surface area (Å²) in [6.45, 7) is 3.57. The van der Waals surface area contributed by atoms with Gasteiger partial charge in [-0.3, -0.25) is 14.1 Å². The molecule has 0 aliphatic rings. The lowest BCUT2D eigenvalue weighted by atomic mass is 10.2. The zero-order valence-corrected chi connectivity index (χ0v) is 19.1. The normalized spacial score (nSPS) is 11.2. The number of para-hydroxylation sites is 1. The average molecular weight is 461 g/mol. The van der Waals surface area contributed by atoms with E-state index in [1.54, 1.807) is 31.3 Å². The number of methoxy groups -OCH3 is 1. The summed E-state index contributed by atoms with van der Waals surface area (Å²) in [7, 11) is -2.00. The first-order valence-electron chi connectivity index (χ1n) is 9.53. The molecule has 2 aromatic carbocycles. The van der Waals surface area contributed by atoms with Crippen LogP contribution in [-0.4, -0.2) is 42.5 Å². The van der Waals surface area contributed by atoms with Crippen LogP contribution in [0.25, 0.3) is 5.69 Å². The number of thioether (sulfide) groups is 1. The highest BCUT2D eigenvalue weighted by Gasteiger charge is 2.14. The Kier molecular flexibility index (Phi) is 7.24. The molecule has 164 valence electrons. The van der Waals surface area contributed by atoms with Crippen molar-refractivity contribution < 1.29 is 17.9 Å². The van der Waals surface area contributed by atoms with Gasteiger partial charge in [-0.05, 0) is 37.6 Å². The van der Waals surface area contributed by atoms with Crippen LogP contribution >= 0.6 is 11.8 Å². The average Bonchev–Trinajstić information content (AvgIpc) is 3.22. The van der Waals surface area contributed by atoms with E-state index >= 15 is 0 Å². The van der Waals surface area contributed by atoms with Crippen LogP contribution in [0, 0.1) is 6.92 Å². The number of carbonyl (C=O) groups is 1. The van der Waals surface area contributed by atoms with Crippen molar-refractivity contribution in [3.8, 4) is 11.4 Å². The third-order valence-corrected chi connectivity index (χ3v) is 6.70. The number of anilines is 2. The monoisotopic (exact) mass is 460 g/mol. The molecule has 1 heterocycles. The number of sulfonamides is 1. The maximum atomic E-state index is 12.5. The van der Waals surface area contributed by atoms with Crippen molar-refractivity contribution in [1.29, 1.82) is 0 Å². The molecular weight excluding hydrogens is 436 g/mol. The second-order valence-electron chi connectivity index (χ2n) is 6.62. The molecule has 10 heteroatoms. The minimum absolute atomic E-state index is 0.0515. The fourth-order valence-electron chi connectivity index (χ4n) is 2.83. The number of rotatable bonds is 9. The van der Waals surface area contributed by atoms with E-state index in [-0.39, 0.29) is 17.4 Å². The minimum Gasteiger partial charge on any atom is -0.494 e. The van der Waals surface area contributed by atoms with E-state index in [0.717, 1.165) is 11.3 Å². The highest BCUT2D eigenvalue weighted by molar-refractivity contribution is 7.99. The predicted octanol–water partition coefficient (Wildman–Crippen LogP) is 3.68. The van der Waals surface area contributed by atoms with Gasteiger partial charge in [-0.2, -0.15) is 0 Å². The first kappa shape index (κ1) is 22.7. The lowest BCUT2D eigenvalue weighted by Crippen LogP contribution is -2.16. The SMILES string of the molecule is CCS(=O)(=O)Nc1ccc(NC(=O)CSc2nccn2-c2ccccc2C)cc1OC.